The van der Waals surface area contributed by atoms with Gasteiger partial charge in [0.05, 0.1) is 5.69 Å². The van der Waals surface area contributed by atoms with Crippen molar-refractivity contribution in [2.75, 3.05) is 12.1 Å². The number of hydrogen-bond acceptors (Lipinski definition) is 7. The van der Waals surface area contributed by atoms with Crippen LogP contribution in [0.15, 0.2) is 27.5 Å². The predicted octanol–water partition coefficient (Wildman–Crippen LogP) is 2.32. The fourth-order valence-electron chi connectivity index (χ4n) is 3.20. The number of amides is 1. The lowest BCUT2D eigenvalue weighted by molar-refractivity contribution is -0.119. The number of ether oxygens (including phenoxy) is 2. The maximum Gasteiger partial charge on any atom is 0.267 e. The number of anilines is 1. The van der Waals surface area contributed by atoms with Gasteiger partial charge >= 0.3 is 0 Å². The monoisotopic (exact) mass is 370 g/mol. The number of nitrogens with zero attached hydrogens (tertiary/aromatic N) is 3. The van der Waals surface area contributed by atoms with E-state index >= 15 is 0 Å². The molecule has 0 fully saturated rings. The highest BCUT2D eigenvalue weighted by atomic mass is 16.7. The summed E-state index contributed by atoms with van der Waals surface area (Å²) in [7, 11) is 0. The van der Waals surface area contributed by atoms with Gasteiger partial charge in [0.1, 0.15) is 17.3 Å². The van der Waals surface area contributed by atoms with Crippen molar-refractivity contribution < 1.29 is 18.8 Å². The third-order valence-electron chi connectivity index (χ3n) is 4.53. The summed E-state index contributed by atoms with van der Waals surface area (Å²) in [6.07, 6.45) is 0.411. The number of carbonyl (C=O) groups excluding carboxylic acids is 1. The molecule has 1 amide bonds. The molecule has 1 atom stereocenters. The Kier molecular flexibility index (Phi) is 4.06. The van der Waals surface area contributed by atoms with Gasteiger partial charge in [-0.3, -0.25) is 14.2 Å². The fourth-order valence-corrected chi connectivity index (χ4v) is 3.20. The topological polar surface area (TPSA) is 108 Å². The fraction of sp³-hybridized carbons (Fsp3) is 0.333. The van der Waals surface area contributed by atoms with Crippen molar-refractivity contribution in [2.45, 2.75) is 33.2 Å². The van der Waals surface area contributed by atoms with E-state index in [4.69, 9.17) is 14.0 Å². The average Bonchev–Trinajstić information content (AvgIpc) is 3.24. The lowest BCUT2D eigenvalue weighted by Crippen LogP contribution is -2.35. The third kappa shape index (κ3) is 2.80. The van der Waals surface area contributed by atoms with Crippen LogP contribution in [0.4, 0.5) is 5.69 Å². The van der Waals surface area contributed by atoms with Gasteiger partial charge in [0.2, 0.25) is 12.7 Å². The first-order valence-corrected chi connectivity index (χ1v) is 8.55. The summed E-state index contributed by atoms with van der Waals surface area (Å²) in [5.74, 6) is 1.26. The lowest BCUT2D eigenvalue weighted by Gasteiger charge is -2.19. The molecule has 9 nitrogen and oxygen atoms in total. The molecule has 2 aromatic heterocycles. The van der Waals surface area contributed by atoms with Crippen LogP contribution >= 0.6 is 0 Å². The van der Waals surface area contributed by atoms with Gasteiger partial charge in [-0.05, 0) is 32.4 Å². The number of nitrogens with one attached hydrogen (secondary N) is 1. The zero-order valence-corrected chi connectivity index (χ0v) is 15.1. The average molecular weight is 370 g/mol. The second-order valence-corrected chi connectivity index (χ2v) is 6.26. The van der Waals surface area contributed by atoms with Gasteiger partial charge in [0.15, 0.2) is 11.5 Å². The summed E-state index contributed by atoms with van der Waals surface area (Å²) < 4.78 is 17.1. The van der Waals surface area contributed by atoms with Crippen LogP contribution in [0.1, 0.15) is 30.9 Å². The molecule has 1 aliphatic heterocycles. The number of fused-ring (bicyclic) bond motifs is 2. The minimum Gasteiger partial charge on any atom is -0.454 e. The van der Waals surface area contributed by atoms with Gasteiger partial charge in [-0.2, -0.15) is 4.98 Å². The molecule has 3 heterocycles. The van der Waals surface area contributed by atoms with Gasteiger partial charge in [0.25, 0.3) is 11.3 Å². The molecule has 0 saturated carbocycles. The van der Waals surface area contributed by atoms with Crippen LogP contribution in [0.3, 0.4) is 0 Å². The minimum atomic E-state index is -0.728. The van der Waals surface area contributed by atoms with Crippen LogP contribution < -0.4 is 20.3 Å². The molecule has 0 bridgehead atoms. The predicted molar refractivity (Wildman–Crippen MR) is 96.1 cm³/mol. The first-order valence-electron chi connectivity index (χ1n) is 8.55. The number of benzene rings is 1. The number of aromatic nitrogens is 3. The van der Waals surface area contributed by atoms with Gasteiger partial charge in [-0.25, -0.2) is 0 Å². The lowest BCUT2D eigenvalue weighted by atomic mass is 10.1. The largest absolute Gasteiger partial charge is 0.454 e. The van der Waals surface area contributed by atoms with Crippen LogP contribution in [0.2, 0.25) is 0 Å². The number of hydrogen-bond donors (Lipinski definition) is 1. The van der Waals surface area contributed by atoms with E-state index in [1.54, 1.807) is 32.0 Å². The highest BCUT2D eigenvalue weighted by Crippen LogP contribution is 2.34. The van der Waals surface area contributed by atoms with Gasteiger partial charge in [-0.1, -0.05) is 12.1 Å². The first-order chi connectivity index (χ1) is 13.0. The van der Waals surface area contributed by atoms with Crippen molar-refractivity contribution in [2.24, 2.45) is 0 Å². The molecular weight excluding hydrogens is 352 g/mol. The number of rotatable bonds is 4. The highest BCUT2D eigenvalue weighted by molar-refractivity contribution is 5.94. The summed E-state index contributed by atoms with van der Waals surface area (Å²) in [5, 5.41) is 6.91. The molecule has 1 aromatic carbocycles. The summed E-state index contributed by atoms with van der Waals surface area (Å²) in [4.78, 5) is 30.1. The van der Waals surface area contributed by atoms with E-state index in [2.05, 4.69) is 15.5 Å². The molecule has 9 heteroatoms. The van der Waals surface area contributed by atoms with E-state index in [9.17, 15) is 9.59 Å². The Hall–Kier alpha value is -3.36. The summed E-state index contributed by atoms with van der Waals surface area (Å²) in [5.41, 5.74) is 0.840. The molecule has 140 valence electrons. The van der Waals surface area contributed by atoms with Crippen molar-refractivity contribution in [3.8, 4) is 11.5 Å². The summed E-state index contributed by atoms with van der Waals surface area (Å²) >= 11 is 0. The standard InChI is InChI=1S/C18H18N4O5/c1-4-12(16(23)20-11-5-6-13-14(7-11)26-8-25-13)22-10(3)19-17-15(18(22)24)9(2)21-27-17/h5-7,12H,4,8H2,1-3H3,(H,20,23). The van der Waals surface area contributed by atoms with Crippen LogP contribution in [-0.2, 0) is 4.79 Å². The molecule has 27 heavy (non-hydrogen) atoms. The second-order valence-electron chi connectivity index (χ2n) is 6.26. The van der Waals surface area contributed by atoms with E-state index in [0.29, 0.717) is 35.1 Å². The Labute approximate surface area is 153 Å². The molecule has 0 aliphatic carbocycles. The van der Waals surface area contributed by atoms with Crippen LogP contribution in [0.25, 0.3) is 11.1 Å². The zero-order valence-electron chi connectivity index (χ0n) is 15.1. The number of carbonyl (C=O) groups is 1. The van der Waals surface area contributed by atoms with Crippen LogP contribution in [0, 0.1) is 13.8 Å². The van der Waals surface area contributed by atoms with E-state index < -0.39 is 6.04 Å². The van der Waals surface area contributed by atoms with Crippen molar-refractivity contribution in [3.63, 3.8) is 0 Å². The maximum absolute atomic E-state index is 12.9. The van der Waals surface area contributed by atoms with Gasteiger partial charge in [-0.15, -0.1) is 0 Å². The Morgan fingerprint density at radius 3 is 2.85 bits per heavy atom. The molecular formula is C18H18N4O5. The Morgan fingerprint density at radius 2 is 2.07 bits per heavy atom. The molecule has 1 N–H and O–H groups in total. The van der Waals surface area contributed by atoms with E-state index in [1.807, 2.05) is 6.92 Å². The van der Waals surface area contributed by atoms with E-state index in [1.165, 1.54) is 4.57 Å². The van der Waals surface area contributed by atoms with Crippen LogP contribution in [0.5, 0.6) is 11.5 Å². The Morgan fingerprint density at radius 1 is 1.30 bits per heavy atom. The summed E-state index contributed by atoms with van der Waals surface area (Å²) in [6, 6.07) is 4.41. The molecule has 1 aliphatic rings. The molecule has 4 rings (SSSR count). The van der Waals surface area contributed by atoms with Crippen molar-refractivity contribution >= 4 is 22.7 Å². The SMILES string of the molecule is CCC(C(=O)Nc1ccc2c(c1)OCO2)n1c(C)nc2onc(C)c2c1=O. The molecule has 0 radical (unpaired) electrons. The van der Waals surface area contributed by atoms with Crippen molar-refractivity contribution in [1.82, 2.24) is 14.7 Å². The molecule has 0 spiro atoms. The van der Waals surface area contributed by atoms with Crippen LogP contribution in [-0.4, -0.2) is 27.4 Å². The van der Waals surface area contributed by atoms with E-state index in [-0.39, 0.29) is 29.4 Å². The quantitative estimate of drug-likeness (QED) is 0.751. The minimum absolute atomic E-state index is 0.155. The first kappa shape index (κ1) is 17.1. The zero-order chi connectivity index (χ0) is 19.1. The normalized spacial score (nSPS) is 13.7. The van der Waals surface area contributed by atoms with Crippen molar-refractivity contribution in [1.29, 1.82) is 0 Å². The highest BCUT2D eigenvalue weighted by Gasteiger charge is 2.25. The Bertz CT molecular complexity index is 1100. The molecule has 3 aromatic rings. The van der Waals surface area contributed by atoms with Gasteiger partial charge in [0, 0.05) is 11.8 Å². The Balaban J connectivity index is 1.69. The molecule has 0 saturated heterocycles. The van der Waals surface area contributed by atoms with Crippen molar-refractivity contribution in [3.05, 3.63) is 40.1 Å². The second kappa shape index (κ2) is 6.42. The smallest absolute Gasteiger partial charge is 0.267 e. The molecule has 1 unspecified atom stereocenters. The van der Waals surface area contributed by atoms with E-state index in [0.717, 1.165) is 0 Å². The number of aryl methyl sites for hydroxylation is 2. The van der Waals surface area contributed by atoms with Gasteiger partial charge < -0.3 is 19.3 Å². The maximum atomic E-state index is 12.9. The third-order valence-corrected chi connectivity index (χ3v) is 4.53. The summed E-state index contributed by atoms with van der Waals surface area (Å²) in [6.45, 7) is 5.32.